The van der Waals surface area contributed by atoms with Crippen LogP contribution < -0.4 is 4.74 Å². The Labute approximate surface area is 117 Å². The van der Waals surface area contributed by atoms with E-state index >= 15 is 0 Å². The molecule has 5 nitrogen and oxygen atoms in total. The molecule has 0 aliphatic rings. The van der Waals surface area contributed by atoms with Crippen molar-refractivity contribution in [1.29, 1.82) is 0 Å². The predicted molar refractivity (Wildman–Crippen MR) is 64.8 cm³/mol. The Kier molecular flexibility index (Phi) is 3.59. The van der Waals surface area contributed by atoms with Gasteiger partial charge in [-0.25, -0.2) is 4.98 Å². The Morgan fingerprint density at radius 1 is 1.25 bits per heavy atom. The third-order valence-corrected chi connectivity index (χ3v) is 2.77. The van der Waals surface area contributed by atoms with E-state index in [1.165, 1.54) is 0 Å². The molecule has 2 aromatic rings. The maximum Gasteiger partial charge on any atom is 0.451 e. The fourth-order valence-electron chi connectivity index (χ4n) is 1.58. The quantitative estimate of drug-likeness (QED) is 0.799. The second kappa shape index (κ2) is 4.93. The number of aryl methyl sites for hydroxylation is 2. The van der Waals surface area contributed by atoms with Gasteiger partial charge in [-0.2, -0.15) is 23.3 Å². The normalized spacial score (nSPS) is 11.8. The van der Waals surface area contributed by atoms with Crippen LogP contribution in [0.5, 0.6) is 11.6 Å². The van der Waals surface area contributed by atoms with Crippen LogP contribution in [0.3, 0.4) is 0 Å². The molecule has 0 spiro atoms. The highest BCUT2D eigenvalue weighted by molar-refractivity contribution is 6.29. The van der Waals surface area contributed by atoms with Crippen LogP contribution in [0.4, 0.5) is 13.2 Å². The summed E-state index contributed by atoms with van der Waals surface area (Å²) >= 11 is 5.56. The van der Waals surface area contributed by atoms with Gasteiger partial charge in [-0.1, -0.05) is 11.6 Å². The van der Waals surface area contributed by atoms with Gasteiger partial charge in [0.2, 0.25) is 11.7 Å². The summed E-state index contributed by atoms with van der Waals surface area (Å²) in [6.45, 7) is 3.40. The lowest BCUT2D eigenvalue weighted by molar-refractivity contribution is -0.145. The van der Waals surface area contributed by atoms with Gasteiger partial charge in [-0.15, -0.1) is 0 Å². The van der Waals surface area contributed by atoms with Crippen molar-refractivity contribution in [3.8, 4) is 11.6 Å². The second-order valence-corrected chi connectivity index (χ2v) is 4.46. The maximum absolute atomic E-state index is 12.6. The van der Waals surface area contributed by atoms with E-state index in [1.807, 2.05) is 0 Å². The first-order valence-electron chi connectivity index (χ1n) is 5.48. The largest absolute Gasteiger partial charge is 0.451 e. The number of alkyl halides is 3. The minimum absolute atomic E-state index is 0.281. The summed E-state index contributed by atoms with van der Waals surface area (Å²) in [7, 11) is 1.70. The van der Waals surface area contributed by atoms with Crippen LogP contribution in [-0.2, 0) is 13.2 Å². The van der Waals surface area contributed by atoms with Crippen molar-refractivity contribution in [2.45, 2.75) is 20.0 Å². The van der Waals surface area contributed by atoms with E-state index in [1.54, 1.807) is 25.6 Å². The van der Waals surface area contributed by atoms with Crippen LogP contribution in [0.2, 0.25) is 5.15 Å². The lowest BCUT2D eigenvalue weighted by Gasteiger charge is -2.09. The molecule has 0 aliphatic carbocycles. The smallest absolute Gasteiger partial charge is 0.435 e. The van der Waals surface area contributed by atoms with Gasteiger partial charge in [0.25, 0.3) is 0 Å². The van der Waals surface area contributed by atoms with Crippen molar-refractivity contribution < 1.29 is 17.9 Å². The average Bonchev–Trinajstić information content (AvgIpc) is 2.54. The van der Waals surface area contributed by atoms with E-state index in [4.69, 9.17) is 16.3 Å². The molecule has 9 heteroatoms. The Hall–Kier alpha value is -1.83. The standard InChI is InChI=1S/C11H10ClF3N4O/c1-5-9(6(2)19(3)18-5)20-8-4-7(12)16-10(17-8)11(13,14)15/h4H,1-3H3. The Morgan fingerprint density at radius 2 is 1.90 bits per heavy atom. The number of hydrogen-bond donors (Lipinski definition) is 0. The van der Waals surface area contributed by atoms with Gasteiger partial charge in [0.1, 0.15) is 10.8 Å². The van der Waals surface area contributed by atoms with Crippen molar-refractivity contribution in [2.75, 3.05) is 0 Å². The van der Waals surface area contributed by atoms with E-state index in [2.05, 4.69) is 15.1 Å². The highest BCUT2D eigenvalue weighted by atomic mass is 35.5. The molecule has 0 amide bonds. The molecule has 0 saturated heterocycles. The van der Waals surface area contributed by atoms with Gasteiger partial charge >= 0.3 is 6.18 Å². The molecule has 0 bridgehead atoms. The molecular formula is C11H10ClF3N4O. The minimum Gasteiger partial charge on any atom is -0.435 e. The summed E-state index contributed by atoms with van der Waals surface area (Å²) in [5.74, 6) is -1.29. The van der Waals surface area contributed by atoms with Crippen molar-refractivity contribution >= 4 is 11.6 Å². The summed E-state index contributed by atoms with van der Waals surface area (Å²) in [5.41, 5.74) is 1.19. The number of ether oxygens (including phenoxy) is 1. The molecule has 108 valence electrons. The molecule has 2 aromatic heterocycles. The maximum atomic E-state index is 12.6. The SMILES string of the molecule is Cc1nn(C)c(C)c1Oc1cc(Cl)nc(C(F)(F)F)n1. The molecule has 0 aromatic carbocycles. The summed E-state index contributed by atoms with van der Waals surface area (Å²) < 4.78 is 44.7. The average molecular weight is 307 g/mol. The third kappa shape index (κ3) is 2.84. The second-order valence-electron chi connectivity index (χ2n) is 4.08. The molecule has 0 aliphatic heterocycles. The van der Waals surface area contributed by atoms with Gasteiger partial charge in [-0.3, -0.25) is 4.68 Å². The first-order valence-corrected chi connectivity index (χ1v) is 5.86. The van der Waals surface area contributed by atoms with E-state index < -0.39 is 12.0 Å². The van der Waals surface area contributed by atoms with Gasteiger partial charge in [-0.05, 0) is 13.8 Å². The third-order valence-electron chi connectivity index (χ3n) is 2.57. The van der Waals surface area contributed by atoms with Gasteiger partial charge in [0, 0.05) is 13.1 Å². The monoisotopic (exact) mass is 306 g/mol. The number of aromatic nitrogens is 4. The summed E-state index contributed by atoms with van der Waals surface area (Å²) in [4.78, 5) is 6.44. The van der Waals surface area contributed by atoms with Crippen molar-refractivity contribution in [1.82, 2.24) is 19.7 Å². The summed E-state index contributed by atoms with van der Waals surface area (Å²) in [5, 5.41) is 3.75. The molecule has 0 radical (unpaired) electrons. The zero-order chi connectivity index (χ0) is 15.1. The highest BCUT2D eigenvalue weighted by Gasteiger charge is 2.35. The van der Waals surface area contributed by atoms with Crippen LogP contribution in [0.25, 0.3) is 0 Å². The van der Waals surface area contributed by atoms with Crippen LogP contribution in [0.15, 0.2) is 6.07 Å². The van der Waals surface area contributed by atoms with Gasteiger partial charge in [0.05, 0.1) is 5.69 Å². The van der Waals surface area contributed by atoms with Crippen LogP contribution >= 0.6 is 11.6 Å². The molecule has 2 rings (SSSR count). The van der Waals surface area contributed by atoms with Gasteiger partial charge in [0.15, 0.2) is 5.75 Å². The summed E-state index contributed by atoms with van der Waals surface area (Å²) in [6, 6.07) is 1.11. The number of rotatable bonds is 2. The Balaban J connectivity index is 2.41. The van der Waals surface area contributed by atoms with Gasteiger partial charge < -0.3 is 4.74 Å². The van der Waals surface area contributed by atoms with E-state index in [0.717, 1.165) is 6.07 Å². The first kappa shape index (κ1) is 14.6. The molecule has 0 N–H and O–H groups in total. The number of halogens is 4. The molecule has 0 unspecified atom stereocenters. The zero-order valence-electron chi connectivity index (χ0n) is 10.8. The Morgan fingerprint density at radius 3 is 2.40 bits per heavy atom. The highest BCUT2D eigenvalue weighted by Crippen LogP contribution is 2.32. The predicted octanol–water partition coefficient (Wildman–Crippen LogP) is 3.29. The number of hydrogen-bond acceptors (Lipinski definition) is 4. The van der Waals surface area contributed by atoms with Crippen LogP contribution in [0, 0.1) is 13.8 Å². The molecule has 2 heterocycles. The molecule has 0 fully saturated rings. The van der Waals surface area contributed by atoms with Crippen LogP contribution in [0.1, 0.15) is 17.2 Å². The molecule has 0 saturated carbocycles. The minimum atomic E-state index is -4.69. The van der Waals surface area contributed by atoms with E-state index in [0.29, 0.717) is 17.1 Å². The zero-order valence-corrected chi connectivity index (χ0v) is 11.5. The topological polar surface area (TPSA) is 52.8 Å². The molecular weight excluding hydrogens is 297 g/mol. The Bertz CT molecular complexity index is 654. The molecule has 20 heavy (non-hydrogen) atoms. The number of nitrogens with zero attached hydrogens (tertiary/aromatic N) is 4. The van der Waals surface area contributed by atoms with Crippen molar-refractivity contribution in [2.24, 2.45) is 7.05 Å². The van der Waals surface area contributed by atoms with E-state index in [-0.39, 0.29) is 11.0 Å². The van der Waals surface area contributed by atoms with Crippen molar-refractivity contribution in [3.05, 3.63) is 28.4 Å². The van der Waals surface area contributed by atoms with Crippen LogP contribution in [-0.4, -0.2) is 19.7 Å². The fourth-order valence-corrected chi connectivity index (χ4v) is 1.76. The lowest BCUT2D eigenvalue weighted by Crippen LogP contribution is -2.11. The fraction of sp³-hybridized carbons (Fsp3) is 0.364. The van der Waals surface area contributed by atoms with Crippen molar-refractivity contribution in [3.63, 3.8) is 0 Å². The van der Waals surface area contributed by atoms with E-state index in [9.17, 15) is 13.2 Å². The first-order chi connectivity index (χ1) is 9.18. The summed E-state index contributed by atoms with van der Waals surface area (Å²) in [6.07, 6.45) is -4.69. The lowest BCUT2D eigenvalue weighted by atomic mass is 10.3. The molecule has 0 atom stereocenters.